The molecule has 2 aromatic rings. The van der Waals surface area contributed by atoms with Gasteiger partial charge in [-0.2, -0.15) is 5.26 Å². The molecule has 26 heavy (non-hydrogen) atoms. The van der Waals surface area contributed by atoms with Crippen LogP contribution < -0.4 is 0 Å². The van der Waals surface area contributed by atoms with Crippen molar-refractivity contribution in [3.05, 3.63) is 59.2 Å². The zero-order chi connectivity index (χ0) is 18.3. The van der Waals surface area contributed by atoms with Crippen molar-refractivity contribution in [3.8, 4) is 17.2 Å². The zero-order valence-electron chi connectivity index (χ0n) is 15.0. The van der Waals surface area contributed by atoms with Crippen molar-refractivity contribution in [1.29, 1.82) is 5.26 Å². The number of ether oxygens (including phenoxy) is 2. The summed E-state index contributed by atoms with van der Waals surface area (Å²) in [4.78, 5) is 13.3. The van der Waals surface area contributed by atoms with Crippen LogP contribution in [-0.4, -0.2) is 32.2 Å². The Morgan fingerprint density at radius 3 is 2.38 bits per heavy atom. The molecule has 3 atom stereocenters. The molecule has 2 aliphatic carbocycles. The van der Waals surface area contributed by atoms with Crippen molar-refractivity contribution in [3.63, 3.8) is 0 Å². The third kappa shape index (κ3) is 2.56. The molecule has 0 saturated heterocycles. The molecule has 0 aliphatic heterocycles. The lowest BCUT2D eigenvalue weighted by molar-refractivity contribution is -0.0157. The van der Waals surface area contributed by atoms with Gasteiger partial charge in [-0.15, -0.1) is 0 Å². The zero-order valence-corrected chi connectivity index (χ0v) is 15.0. The predicted molar refractivity (Wildman–Crippen MR) is 97.9 cm³/mol. The maximum Gasteiger partial charge on any atom is 0.169 e. The van der Waals surface area contributed by atoms with E-state index in [0.29, 0.717) is 18.4 Å². The number of Topliss-reactive ketones (excluding diaryl/α,β-unsaturated/α-hetero) is 1. The Labute approximate surface area is 153 Å². The van der Waals surface area contributed by atoms with Gasteiger partial charge in [0.1, 0.15) is 0 Å². The first-order chi connectivity index (χ1) is 12.6. The van der Waals surface area contributed by atoms with Gasteiger partial charge < -0.3 is 9.47 Å². The number of nitriles is 1. The number of ketones is 1. The third-order valence-corrected chi connectivity index (χ3v) is 5.89. The van der Waals surface area contributed by atoms with E-state index in [9.17, 15) is 4.79 Å². The standard InChI is InChI=1S/C22H21NO3/c1-25-19-11-22(12-20(19)26-2)10-17-7-6-16(9-18(17)21(22)24)15-5-3-4-14(8-15)13-23/h3-9,19-20H,10-12H2,1-2H3/t19-,20+,22?. The molecule has 4 heteroatoms. The van der Waals surface area contributed by atoms with Gasteiger partial charge >= 0.3 is 0 Å². The number of methoxy groups -OCH3 is 2. The molecule has 1 saturated carbocycles. The van der Waals surface area contributed by atoms with E-state index in [1.165, 1.54) is 0 Å². The Bertz CT molecular complexity index is 900. The van der Waals surface area contributed by atoms with Gasteiger partial charge in [0.2, 0.25) is 0 Å². The van der Waals surface area contributed by atoms with Crippen LogP contribution >= 0.6 is 0 Å². The third-order valence-electron chi connectivity index (χ3n) is 5.89. The highest BCUT2D eigenvalue weighted by Crippen LogP contribution is 2.50. The van der Waals surface area contributed by atoms with Crippen LogP contribution in [0, 0.1) is 16.7 Å². The van der Waals surface area contributed by atoms with Crippen LogP contribution in [0.5, 0.6) is 0 Å². The van der Waals surface area contributed by atoms with E-state index in [0.717, 1.165) is 28.7 Å². The topological polar surface area (TPSA) is 59.3 Å². The summed E-state index contributed by atoms with van der Waals surface area (Å²) in [5.74, 6) is 0.201. The van der Waals surface area contributed by atoms with Gasteiger partial charge in [0.05, 0.1) is 23.8 Å². The molecule has 0 aromatic heterocycles. The molecule has 4 nitrogen and oxygen atoms in total. The SMILES string of the molecule is CO[C@H]1CC2(Cc3ccc(-c4cccc(C#N)c4)cc3C2=O)C[C@H]1OC. The van der Waals surface area contributed by atoms with E-state index in [1.807, 2.05) is 30.3 Å². The summed E-state index contributed by atoms with van der Waals surface area (Å²) >= 11 is 0. The van der Waals surface area contributed by atoms with Gasteiger partial charge in [-0.1, -0.05) is 24.3 Å². The quantitative estimate of drug-likeness (QED) is 0.848. The molecule has 0 radical (unpaired) electrons. The molecule has 1 fully saturated rings. The Morgan fingerprint density at radius 2 is 1.73 bits per heavy atom. The van der Waals surface area contributed by atoms with Gasteiger partial charge in [0.15, 0.2) is 5.78 Å². The van der Waals surface area contributed by atoms with Crippen molar-refractivity contribution in [1.82, 2.24) is 0 Å². The summed E-state index contributed by atoms with van der Waals surface area (Å²) in [6, 6.07) is 15.7. The number of fused-ring (bicyclic) bond motifs is 1. The monoisotopic (exact) mass is 347 g/mol. The van der Waals surface area contributed by atoms with Crippen LogP contribution in [0.4, 0.5) is 0 Å². The number of rotatable bonds is 3. The second-order valence-corrected chi connectivity index (χ2v) is 7.31. The minimum Gasteiger partial charge on any atom is -0.379 e. The van der Waals surface area contributed by atoms with Crippen LogP contribution in [0.25, 0.3) is 11.1 Å². The fraction of sp³-hybridized carbons (Fsp3) is 0.364. The molecule has 0 amide bonds. The molecule has 1 unspecified atom stereocenters. The number of benzene rings is 2. The van der Waals surface area contributed by atoms with Gasteiger partial charge in [-0.05, 0) is 54.2 Å². The Kier molecular flexibility index (Phi) is 4.14. The van der Waals surface area contributed by atoms with E-state index >= 15 is 0 Å². The second kappa shape index (κ2) is 6.35. The molecule has 4 rings (SSSR count). The van der Waals surface area contributed by atoms with Crippen LogP contribution in [0.3, 0.4) is 0 Å². The second-order valence-electron chi connectivity index (χ2n) is 7.31. The maximum absolute atomic E-state index is 13.3. The fourth-order valence-electron chi connectivity index (χ4n) is 4.54. The van der Waals surface area contributed by atoms with E-state index in [2.05, 4.69) is 12.1 Å². The number of hydrogen-bond acceptors (Lipinski definition) is 4. The van der Waals surface area contributed by atoms with Crippen molar-refractivity contribution in [2.75, 3.05) is 14.2 Å². The molecule has 132 valence electrons. The normalized spacial score (nSPS) is 26.9. The minimum absolute atomic E-state index is 0.0370. The smallest absolute Gasteiger partial charge is 0.169 e. The highest BCUT2D eigenvalue weighted by molar-refractivity contribution is 6.06. The molecule has 0 heterocycles. The van der Waals surface area contributed by atoms with Crippen molar-refractivity contribution in [2.24, 2.45) is 5.41 Å². The molecule has 2 aromatic carbocycles. The Balaban J connectivity index is 1.69. The van der Waals surface area contributed by atoms with E-state index in [-0.39, 0.29) is 18.0 Å². The van der Waals surface area contributed by atoms with Gasteiger partial charge in [0.25, 0.3) is 0 Å². The lowest BCUT2D eigenvalue weighted by Gasteiger charge is -2.20. The number of carbonyl (C=O) groups is 1. The average molecular weight is 347 g/mol. The minimum atomic E-state index is -0.406. The Hall–Kier alpha value is -2.48. The first-order valence-electron chi connectivity index (χ1n) is 8.84. The van der Waals surface area contributed by atoms with E-state index < -0.39 is 5.41 Å². The maximum atomic E-state index is 13.3. The summed E-state index contributed by atoms with van der Waals surface area (Å²) in [6.45, 7) is 0. The summed E-state index contributed by atoms with van der Waals surface area (Å²) in [6.07, 6.45) is 2.08. The first-order valence-corrected chi connectivity index (χ1v) is 8.84. The fourth-order valence-corrected chi connectivity index (χ4v) is 4.54. The number of hydrogen-bond donors (Lipinski definition) is 0. The van der Waals surface area contributed by atoms with Crippen molar-refractivity contribution >= 4 is 5.78 Å². The van der Waals surface area contributed by atoms with Crippen molar-refractivity contribution in [2.45, 2.75) is 31.5 Å². The largest absolute Gasteiger partial charge is 0.379 e. The average Bonchev–Trinajstić information content (AvgIpc) is 3.19. The summed E-state index contributed by atoms with van der Waals surface area (Å²) < 4.78 is 11.1. The van der Waals surface area contributed by atoms with Gasteiger partial charge in [0, 0.05) is 25.2 Å². The predicted octanol–water partition coefficient (Wildman–Crippen LogP) is 3.77. The summed E-state index contributed by atoms with van der Waals surface area (Å²) in [5.41, 5.74) is 4.04. The molecular formula is C22H21NO3. The van der Waals surface area contributed by atoms with Crippen LogP contribution in [0.2, 0.25) is 0 Å². The number of nitrogens with zero attached hydrogens (tertiary/aromatic N) is 1. The van der Waals surface area contributed by atoms with E-state index in [4.69, 9.17) is 14.7 Å². The highest BCUT2D eigenvalue weighted by atomic mass is 16.5. The first kappa shape index (κ1) is 17.0. The highest BCUT2D eigenvalue weighted by Gasteiger charge is 2.54. The lowest BCUT2D eigenvalue weighted by atomic mass is 9.82. The lowest BCUT2D eigenvalue weighted by Crippen LogP contribution is -2.25. The van der Waals surface area contributed by atoms with Crippen LogP contribution in [0.15, 0.2) is 42.5 Å². The number of carbonyl (C=O) groups excluding carboxylic acids is 1. The van der Waals surface area contributed by atoms with Crippen LogP contribution in [-0.2, 0) is 15.9 Å². The molecular weight excluding hydrogens is 326 g/mol. The van der Waals surface area contributed by atoms with Crippen molar-refractivity contribution < 1.29 is 14.3 Å². The Morgan fingerprint density at radius 1 is 1.04 bits per heavy atom. The molecule has 0 bridgehead atoms. The summed E-state index contributed by atoms with van der Waals surface area (Å²) in [7, 11) is 3.37. The van der Waals surface area contributed by atoms with E-state index in [1.54, 1.807) is 20.3 Å². The van der Waals surface area contributed by atoms with Crippen LogP contribution in [0.1, 0.15) is 34.3 Å². The van der Waals surface area contributed by atoms with Gasteiger partial charge in [-0.25, -0.2) is 0 Å². The summed E-state index contributed by atoms with van der Waals surface area (Å²) in [5, 5.41) is 9.11. The molecule has 2 aliphatic rings. The molecule has 0 N–H and O–H groups in total. The molecule has 1 spiro atoms. The van der Waals surface area contributed by atoms with Gasteiger partial charge in [-0.3, -0.25) is 4.79 Å².